The predicted octanol–water partition coefficient (Wildman–Crippen LogP) is 3.29. The van der Waals surface area contributed by atoms with E-state index < -0.39 is 0 Å². The van der Waals surface area contributed by atoms with Crippen LogP contribution >= 0.6 is 11.8 Å². The second-order valence-corrected chi connectivity index (χ2v) is 8.81. The molecule has 3 rings (SSSR count). The van der Waals surface area contributed by atoms with Gasteiger partial charge < -0.3 is 5.32 Å². The van der Waals surface area contributed by atoms with Crippen molar-refractivity contribution in [2.24, 2.45) is 5.92 Å². The molecule has 2 fully saturated rings. The summed E-state index contributed by atoms with van der Waals surface area (Å²) in [6.07, 6.45) is 3.86. The van der Waals surface area contributed by atoms with Crippen molar-refractivity contribution in [2.75, 3.05) is 43.5 Å². The first-order valence-electron chi connectivity index (χ1n) is 9.49. The molecule has 2 aliphatic rings. The summed E-state index contributed by atoms with van der Waals surface area (Å²) in [4.78, 5) is 17.0. The molecular weight excluding hydrogens is 330 g/mol. The fourth-order valence-electron chi connectivity index (χ4n) is 3.81. The number of benzene rings is 1. The minimum atomic E-state index is 0.0806. The van der Waals surface area contributed by atoms with Gasteiger partial charge in [-0.25, -0.2) is 0 Å². The van der Waals surface area contributed by atoms with E-state index in [1.165, 1.54) is 43.7 Å². The van der Waals surface area contributed by atoms with Crippen molar-refractivity contribution >= 4 is 23.4 Å². The normalized spacial score (nSPS) is 24.6. The van der Waals surface area contributed by atoms with Crippen LogP contribution in [0.3, 0.4) is 0 Å². The molecule has 1 aromatic carbocycles. The Balaban J connectivity index is 1.46. The number of hydrogen-bond donors (Lipinski definition) is 1. The Labute approximate surface area is 156 Å². The summed E-state index contributed by atoms with van der Waals surface area (Å²) in [5.74, 6) is 3.25. The quantitative estimate of drug-likeness (QED) is 0.843. The van der Waals surface area contributed by atoms with Crippen LogP contribution in [-0.2, 0) is 11.3 Å². The number of carbonyl (C=O) groups is 1. The molecule has 0 aromatic heterocycles. The van der Waals surface area contributed by atoms with E-state index >= 15 is 0 Å². The number of thioether (sulfide) groups is 1. The first kappa shape index (κ1) is 18.7. The fourth-order valence-corrected chi connectivity index (χ4v) is 5.11. The van der Waals surface area contributed by atoms with Gasteiger partial charge in [0.05, 0.1) is 6.54 Å². The molecule has 0 radical (unpaired) electrons. The highest BCUT2D eigenvalue weighted by molar-refractivity contribution is 7.99. The van der Waals surface area contributed by atoms with Crippen molar-refractivity contribution in [1.82, 2.24) is 9.80 Å². The number of likely N-dealkylation sites (tertiary alicyclic amines) is 1. The molecule has 2 atom stereocenters. The van der Waals surface area contributed by atoms with Gasteiger partial charge in [0.25, 0.3) is 0 Å². The molecule has 1 N–H and O–H groups in total. The van der Waals surface area contributed by atoms with Crippen LogP contribution < -0.4 is 5.32 Å². The molecule has 0 aliphatic carbocycles. The van der Waals surface area contributed by atoms with E-state index in [-0.39, 0.29) is 5.91 Å². The average molecular weight is 362 g/mol. The van der Waals surface area contributed by atoms with Crippen LogP contribution in [0.5, 0.6) is 0 Å². The number of rotatable bonds is 6. The molecule has 1 amide bonds. The molecule has 5 heteroatoms. The lowest BCUT2D eigenvalue weighted by Gasteiger charge is -2.30. The number of anilines is 1. The molecule has 0 saturated carbocycles. The highest BCUT2D eigenvalue weighted by atomic mass is 32.2. The maximum atomic E-state index is 12.2. The lowest BCUT2D eigenvalue weighted by molar-refractivity contribution is -0.117. The number of nitrogens with zero attached hydrogens (tertiary/aromatic N) is 2. The largest absolute Gasteiger partial charge is 0.325 e. The first-order valence-corrected chi connectivity index (χ1v) is 10.6. The van der Waals surface area contributed by atoms with Crippen LogP contribution in [0.15, 0.2) is 24.3 Å². The highest BCUT2D eigenvalue weighted by Gasteiger charge is 2.21. The van der Waals surface area contributed by atoms with Gasteiger partial charge in [0.1, 0.15) is 0 Å². The van der Waals surface area contributed by atoms with Gasteiger partial charge in [0.2, 0.25) is 5.91 Å². The van der Waals surface area contributed by atoms with Crippen molar-refractivity contribution in [3.63, 3.8) is 0 Å². The van der Waals surface area contributed by atoms with Crippen molar-refractivity contribution < 1.29 is 4.79 Å². The van der Waals surface area contributed by atoms with Gasteiger partial charge in [-0.15, -0.1) is 0 Å². The molecule has 138 valence electrons. The Morgan fingerprint density at radius 1 is 1.32 bits per heavy atom. The third kappa shape index (κ3) is 5.73. The fraction of sp³-hybridized carbons (Fsp3) is 0.650. The molecule has 0 spiro atoms. The van der Waals surface area contributed by atoms with Gasteiger partial charge in [-0.3, -0.25) is 14.6 Å². The molecule has 0 unspecified atom stereocenters. The lowest BCUT2D eigenvalue weighted by Crippen LogP contribution is -2.38. The number of piperidine rings is 1. The number of hydrogen-bond acceptors (Lipinski definition) is 4. The van der Waals surface area contributed by atoms with Crippen LogP contribution in [0.25, 0.3) is 0 Å². The Morgan fingerprint density at radius 2 is 2.12 bits per heavy atom. The van der Waals surface area contributed by atoms with E-state index in [9.17, 15) is 4.79 Å². The molecule has 2 saturated heterocycles. The molecule has 2 heterocycles. The van der Waals surface area contributed by atoms with E-state index in [2.05, 4.69) is 41.2 Å². The first-order chi connectivity index (χ1) is 12.1. The number of amides is 1. The Hall–Kier alpha value is -1.04. The molecule has 25 heavy (non-hydrogen) atoms. The van der Waals surface area contributed by atoms with E-state index in [4.69, 9.17) is 0 Å². The van der Waals surface area contributed by atoms with E-state index in [1.54, 1.807) is 0 Å². The van der Waals surface area contributed by atoms with Gasteiger partial charge in [-0.2, -0.15) is 11.8 Å². The molecule has 0 bridgehead atoms. The van der Waals surface area contributed by atoms with Crippen LogP contribution in [-0.4, -0.2) is 59.9 Å². The van der Waals surface area contributed by atoms with Crippen molar-refractivity contribution in [3.05, 3.63) is 29.8 Å². The van der Waals surface area contributed by atoms with Gasteiger partial charge in [0, 0.05) is 30.6 Å². The Bertz CT molecular complexity index is 557. The van der Waals surface area contributed by atoms with Gasteiger partial charge in [0.15, 0.2) is 0 Å². The van der Waals surface area contributed by atoms with E-state index in [0.717, 1.165) is 23.9 Å². The smallest absolute Gasteiger partial charge is 0.238 e. The van der Waals surface area contributed by atoms with Gasteiger partial charge >= 0.3 is 0 Å². The van der Waals surface area contributed by atoms with E-state index in [1.807, 2.05) is 23.9 Å². The van der Waals surface area contributed by atoms with Crippen molar-refractivity contribution in [1.29, 1.82) is 0 Å². The van der Waals surface area contributed by atoms with Crippen molar-refractivity contribution in [3.8, 4) is 0 Å². The SMILES string of the molecule is C[C@H]1CCCN(Cc2ccc(NC(=O)CN(C)[C@@H]3CCSC3)cc2)C1. The highest BCUT2D eigenvalue weighted by Crippen LogP contribution is 2.21. The van der Waals surface area contributed by atoms with Crippen LogP contribution in [0.2, 0.25) is 0 Å². The predicted molar refractivity (Wildman–Crippen MR) is 107 cm³/mol. The summed E-state index contributed by atoms with van der Waals surface area (Å²) >= 11 is 1.98. The molecule has 1 aromatic rings. The maximum absolute atomic E-state index is 12.2. The molecule has 4 nitrogen and oxygen atoms in total. The van der Waals surface area contributed by atoms with Gasteiger partial charge in [-0.05, 0) is 62.2 Å². The summed E-state index contributed by atoms with van der Waals surface area (Å²) < 4.78 is 0. The molecule has 2 aliphatic heterocycles. The number of carbonyl (C=O) groups excluding carboxylic acids is 1. The summed E-state index contributed by atoms with van der Waals surface area (Å²) in [5, 5.41) is 3.03. The minimum Gasteiger partial charge on any atom is -0.325 e. The third-order valence-electron chi connectivity index (χ3n) is 5.31. The lowest BCUT2D eigenvalue weighted by atomic mass is 10.00. The zero-order valence-corrected chi connectivity index (χ0v) is 16.4. The van der Waals surface area contributed by atoms with Crippen LogP contribution in [0.1, 0.15) is 31.7 Å². The van der Waals surface area contributed by atoms with Crippen LogP contribution in [0, 0.1) is 5.92 Å². The second kappa shape index (κ2) is 9.06. The zero-order valence-electron chi connectivity index (χ0n) is 15.5. The zero-order chi connectivity index (χ0) is 17.6. The summed E-state index contributed by atoms with van der Waals surface area (Å²) in [5.41, 5.74) is 2.22. The maximum Gasteiger partial charge on any atom is 0.238 e. The monoisotopic (exact) mass is 361 g/mol. The van der Waals surface area contributed by atoms with E-state index in [0.29, 0.717) is 12.6 Å². The Kier molecular flexibility index (Phi) is 6.79. The standard InChI is InChI=1S/C20H31N3OS/c1-16-4-3-10-23(12-16)13-17-5-7-18(8-6-17)21-20(24)14-22(2)19-9-11-25-15-19/h5-8,16,19H,3-4,9-15H2,1-2H3,(H,21,24)/t16-,19+/m0/s1. The topological polar surface area (TPSA) is 35.6 Å². The second-order valence-electron chi connectivity index (χ2n) is 7.66. The van der Waals surface area contributed by atoms with Crippen molar-refractivity contribution in [2.45, 2.75) is 38.8 Å². The van der Waals surface area contributed by atoms with Gasteiger partial charge in [-0.1, -0.05) is 19.1 Å². The Morgan fingerprint density at radius 3 is 2.80 bits per heavy atom. The summed E-state index contributed by atoms with van der Waals surface area (Å²) in [6, 6.07) is 8.90. The summed E-state index contributed by atoms with van der Waals surface area (Å²) in [7, 11) is 2.05. The summed E-state index contributed by atoms with van der Waals surface area (Å²) in [6.45, 7) is 6.23. The molecular formula is C20H31N3OS. The van der Waals surface area contributed by atoms with Crippen LogP contribution in [0.4, 0.5) is 5.69 Å². The minimum absolute atomic E-state index is 0.0806. The number of nitrogens with one attached hydrogen (secondary N) is 1. The third-order valence-corrected chi connectivity index (χ3v) is 6.45. The number of likely N-dealkylation sites (N-methyl/N-ethyl adjacent to an activating group) is 1. The average Bonchev–Trinajstić information content (AvgIpc) is 3.11.